The quantitative estimate of drug-likeness (QED) is 0.668. The van der Waals surface area contributed by atoms with Gasteiger partial charge in [-0.05, 0) is 45.4 Å². The standard InChI is InChI=1S/C13H17N.C2H6/c1-9-5-6-12-11(7-9)10(2)8-13(3,4)14-12;1-2/h5-8,14H,1-4H3;1-2H3. The van der Waals surface area contributed by atoms with Crippen molar-refractivity contribution in [2.24, 2.45) is 0 Å². The molecule has 1 aliphatic heterocycles. The highest BCUT2D eigenvalue weighted by molar-refractivity contribution is 5.80. The zero-order chi connectivity index (χ0) is 12.3. The molecule has 1 aromatic carbocycles. The van der Waals surface area contributed by atoms with Crippen LogP contribution in [0.15, 0.2) is 24.3 Å². The molecule has 0 amide bonds. The third-order valence-corrected chi connectivity index (χ3v) is 2.63. The number of allylic oxidation sites excluding steroid dienone is 1. The molecule has 0 fully saturated rings. The summed E-state index contributed by atoms with van der Waals surface area (Å²) in [7, 11) is 0. The van der Waals surface area contributed by atoms with Gasteiger partial charge in [-0.2, -0.15) is 0 Å². The van der Waals surface area contributed by atoms with E-state index < -0.39 is 0 Å². The van der Waals surface area contributed by atoms with Crippen LogP contribution in [0.4, 0.5) is 5.69 Å². The molecule has 1 heterocycles. The zero-order valence-corrected chi connectivity index (χ0v) is 11.3. The lowest BCUT2D eigenvalue weighted by atomic mass is 9.90. The van der Waals surface area contributed by atoms with Gasteiger partial charge in [0.25, 0.3) is 0 Å². The lowest BCUT2D eigenvalue weighted by molar-refractivity contribution is 0.707. The molecule has 1 heteroatoms. The predicted octanol–water partition coefficient (Wildman–Crippen LogP) is 4.63. The summed E-state index contributed by atoms with van der Waals surface area (Å²) < 4.78 is 0. The van der Waals surface area contributed by atoms with Crippen molar-refractivity contribution in [3.8, 4) is 0 Å². The van der Waals surface area contributed by atoms with Crippen LogP contribution < -0.4 is 5.32 Å². The number of hydrogen-bond donors (Lipinski definition) is 1. The number of nitrogens with one attached hydrogen (secondary N) is 1. The Hall–Kier alpha value is -1.24. The molecule has 1 N–H and O–H groups in total. The minimum atomic E-state index is 0.0757. The number of fused-ring (bicyclic) bond motifs is 1. The Morgan fingerprint density at radius 3 is 2.31 bits per heavy atom. The predicted molar refractivity (Wildman–Crippen MR) is 73.9 cm³/mol. The first kappa shape index (κ1) is 12.8. The second kappa shape index (κ2) is 4.73. The van der Waals surface area contributed by atoms with Crippen molar-refractivity contribution in [1.29, 1.82) is 0 Å². The van der Waals surface area contributed by atoms with Crippen molar-refractivity contribution in [3.05, 3.63) is 35.4 Å². The summed E-state index contributed by atoms with van der Waals surface area (Å²) in [4.78, 5) is 0. The summed E-state index contributed by atoms with van der Waals surface area (Å²) >= 11 is 0. The third-order valence-electron chi connectivity index (χ3n) is 2.63. The molecule has 0 spiro atoms. The maximum atomic E-state index is 3.52. The molecule has 0 atom stereocenters. The van der Waals surface area contributed by atoms with Crippen LogP contribution in [0.5, 0.6) is 0 Å². The van der Waals surface area contributed by atoms with E-state index in [0.717, 1.165) is 0 Å². The number of benzene rings is 1. The summed E-state index contributed by atoms with van der Waals surface area (Å²) in [6.07, 6.45) is 2.29. The molecule has 0 unspecified atom stereocenters. The fourth-order valence-corrected chi connectivity index (χ4v) is 2.10. The van der Waals surface area contributed by atoms with Crippen LogP contribution in [-0.2, 0) is 0 Å². The summed E-state index contributed by atoms with van der Waals surface area (Å²) in [5.41, 5.74) is 5.35. The van der Waals surface area contributed by atoms with Gasteiger partial charge < -0.3 is 5.32 Å². The molecule has 0 aliphatic carbocycles. The molecule has 0 aromatic heterocycles. The van der Waals surface area contributed by atoms with Crippen LogP contribution in [0, 0.1) is 6.92 Å². The van der Waals surface area contributed by atoms with Crippen LogP contribution in [0.1, 0.15) is 45.7 Å². The maximum absolute atomic E-state index is 3.52. The van der Waals surface area contributed by atoms with E-state index in [1.165, 1.54) is 22.4 Å². The summed E-state index contributed by atoms with van der Waals surface area (Å²) in [6, 6.07) is 6.56. The minimum Gasteiger partial charge on any atom is -0.376 e. The molecular weight excluding hydrogens is 194 g/mol. The van der Waals surface area contributed by atoms with Gasteiger partial charge in [0.05, 0.1) is 5.54 Å². The highest BCUT2D eigenvalue weighted by Crippen LogP contribution is 2.33. The summed E-state index contributed by atoms with van der Waals surface area (Å²) in [6.45, 7) is 12.7. The second-order valence-electron chi connectivity index (χ2n) is 4.72. The highest BCUT2D eigenvalue weighted by Gasteiger charge is 2.21. The van der Waals surface area contributed by atoms with E-state index in [1.807, 2.05) is 13.8 Å². The van der Waals surface area contributed by atoms with E-state index in [9.17, 15) is 0 Å². The highest BCUT2D eigenvalue weighted by atomic mass is 15.0. The monoisotopic (exact) mass is 217 g/mol. The first-order valence-corrected chi connectivity index (χ1v) is 6.07. The van der Waals surface area contributed by atoms with Gasteiger partial charge in [-0.3, -0.25) is 0 Å². The van der Waals surface area contributed by atoms with E-state index in [-0.39, 0.29) is 5.54 Å². The topological polar surface area (TPSA) is 12.0 Å². The molecule has 0 saturated carbocycles. The van der Waals surface area contributed by atoms with E-state index in [4.69, 9.17) is 0 Å². The Kier molecular flexibility index (Phi) is 3.79. The van der Waals surface area contributed by atoms with Gasteiger partial charge >= 0.3 is 0 Å². The second-order valence-corrected chi connectivity index (χ2v) is 4.72. The fourth-order valence-electron chi connectivity index (χ4n) is 2.10. The van der Waals surface area contributed by atoms with Crippen LogP contribution in [0.2, 0.25) is 0 Å². The molecule has 0 bridgehead atoms. The van der Waals surface area contributed by atoms with Gasteiger partial charge in [-0.1, -0.05) is 31.6 Å². The molecule has 2 rings (SSSR count). The van der Waals surface area contributed by atoms with E-state index in [0.29, 0.717) is 0 Å². The maximum Gasteiger partial charge on any atom is 0.0505 e. The average molecular weight is 217 g/mol. The van der Waals surface area contributed by atoms with Gasteiger partial charge in [-0.15, -0.1) is 0 Å². The van der Waals surface area contributed by atoms with E-state index in [1.54, 1.807) is 0 Å². The molecule has 0 saturated heterocycles. The molecule has 1 aliphatic rings. The molecule has 1 nitrogen and oxygen atoms in total. The largest absolute Gasteiger partial charge is 0.376 e. The summed E-state index contributed by atoms with van der Waals surface area (Å²) in [5.74, 6) is 0. The molecule has 0 radical (unpaired) electrons. The molecule has 16 heavy (non-hydrogen) atoms. The number of anilines is 1. The van der Waals surface area contributed by atoms with Gasteiger partial charge in [0.2, 0.25) is 0 Å². The molecule has 1 aromatic rings. The Morgan fingerprint density at radius 1 is 1.06 bits per heavy atom. The Morgan fingerprint density at radius 2 is 1.69 bits per heavy atom. The van der Waals surface area contributed by atoms with Crippen molar-refractivity contribution < 1.29 is 0 Å². The SMILES string of the molecule is CC.CC1=CC(C)(C)Nc2ccc(C)cc21. The van der Waals surface area contributed by atoms with E-state index >= 15 is 0 Å². The lowest BCUT2D eigenvalue weighted by Gasteiger charge is -2.31. The van der Waals surface area contributed by atoms with Crippen molar-refractivity contribution in [1.82, 2.24) is 0 Å². The molecule has 88 valence electrons. The van der Waals surface area contributed by atoms with Crippen molar-refractivity contribution in [3.63, 3.8) is 0 Å². The van der Waals surface area contributed by atoms with Gasteiger partial charge in [-0.25, -0.2) is 0 Å². The minimum absolute atomic E-state index is 0.0757. The Balaban J connectivity index is 0.000000606. The lowest BCUT2D eigenvalue weighted by Crippen LogP contribution is -2.31. The van der Waals surface area contributed by atoms with Crippen LogP contribution in [0.25, 0.3) is 5.57 Å². The number of aryl methyl sites for hydroxylation is 1. The first-order valence-electron chi connectivity index (χ1n) is 6.07. The first-order chi connectivity index (χ1) is 7.48. The number of rotatable bonds is 0. The zero-order valence-electron chi connectivity index (χ0n) is 11.3. The van der Waals surface area contributed by atoms with Crippen LogP contribution in [-0.4, -0.2) is 5.54 Å². The van der Waals surface area contributed by atoms with Crippen LogP contribution >= 0.6 is 0 Å². The normalized spacial score (nSPS) is 16.2. The number of hydrogen-bond acceptors (Lipinski definition) is 1. The smallest absolute Gasteiger partial charge is 0.0505 e. The van der Waals surface area contributed by atoms with Gasteiger partial charge in [0.15, 0.2) is 0 Å². The fraction of sp³-hybridized carbons (Fsp3) is 0.467. The Labute approximate surface area is 99.6 Å². The van der Waals surface area contributed by atoms with Crippen LogP contribution in [0.3, 0.4) is 0 Å². The van der Waals surface area contributed by atoms with Gasteiger partial charge in [0, 0.05) is 11.3 Å². The van der Waals surface area contributed by atoms with Crippen molar-refractivity contribution in [2.45, 2.75) is 47.1 Å². The Bertz CT molecular complexity index is 400. The molecular formula is C15H23N. The van der Waals surface area contributed by atoms with Crippen molar-refractivity contribution in [2.75, 3.05) is 5.32 Å². The van der Waals surface area contributed by atoms with Crippen molar-refractivity contribution >= 4 is 11.3 Å². The summed E-state index contributed by atoms with van der Waals surface area (Å²) in [5, 5.41) is 3.52. The van der Waals surface area contributed by atoms with E-state index in [2.05, 4.69) is 57.3 Å². The third kappa shape index (κ3) is 2.66. The average Bonchev–Trinajstić information content (AvgIpc) is 2.21. The van der Waals surface area contributed by atoms with Gasteiger partial charge in [0.1, 0.15) is 0 Å².